The first-order valence-corrected chi connectivity index (χ1v) is 6.55. The minimum Gasteiger partial charge on any atom is -0.481 e. The van der Waals surface area contributed by atoms with Crippen LogP contribution in [0.25, 0.3) is 0 Å². The van der Waals surface area contributed by atoms with E-state index in [1.807, 2.05) is 0 Å². The van der Waals surface area contributed by atoms with Crippen molar-refractivity contribution in [3.05, 3.63) is 0 Å². The Hall–Kier alpha value is -1.10. The van der Waals surface area contributed by atoms with Crippen molar-refractivity contribution in [3.8, 4) is 0 Å². The van der Waals surface area contributed by atoms with Gasteiger partial charge in [0, 0.05) is 20.3 Å². The van der Waals surface area contributed by atoms with E-state index in [-0.39, 0.29) is 17.9 Å². The van der Waals surface area contributed by atoms with Crippen molar-refractivity contribution in [2.75, 3.05) is 20.3 Å². The van der Waals surface area contributed by atoms with Crippen molar-refractivity contribution in [1.82, 2.24) is 5.32 Å². The van der Waals surface area contributed by atoms with Crippen LogP contribution in [0, 0.1) is 10.8 Å². The average Bonchev–Trinajstić information content (AvgIpc) is 3.06. The van der Waals surface area contributed by atoms with Gasteiger partial charge in [0.15, 0.2) is 0 Å². The van der Waals surface area contributed by atoms with Gasteiger partial charge in [-0.3, -0.25) is 9.59 Å². The Morgan fingerprint density at radius 3 is 2.28 bits per heavy atom. The summed E-state index contributed by atoms with van der Waals surface area (Å²) in [6.07, 6.45) is 4.93. The molecule has 0 heterocycles. The number of ether oxygens (including phenoxy) is 1. The van der Waals surface area contributed by atoms with Crippen LogP contribution in [0.1, 0.15) is 38.5 Å². The largest absolute Gasteiger partial charge is 0.481 e. The predicted molar refractivity (Wildman–Crippen MR) is 65.1 cm³/mol. The van der Waals surface area contributed by atoms with Gasteiger partial charge < -0.3 is 15.2 Å². The van der Waals surface area contributed by atoms with Crippen molar-refractivity contribution < 1.29 is 19.4 Å². The lowest BCUT2D eigenvalue weighted by molar-refractivity contribution is -0.144. The van der Waals surface area contributed by atoms with Crippen LogP contribution in [0.5, 0.6) is 0 Å². The first-order chi connectivity index (χ1) is 8.55. The predicted octanol–water partition coefficient (Wildman–Crippen LogP) is 1.17. The lowest BCUT2D eigenvalue weighted by atomic mass is 9.66. The molecule has 0 unspecified atom stereocenters. The molecular weight excluding hydrogens is 234 g/mol. The van der Waals surface area contributed by atoms with Gasteiger partial charge in [-0.1, -0.05) is 6.42 Å². The lowest BCUT2D eigenvalue weighted by Crippen LogP contribution is -2.48. The number of methoxy groups -OCH3 is 1. The van der Waals surface area contributed by atoms with Crippen LogP contribution < -0.4 is 5.32 Å². The highest BCUT2D eigenvalue weighted by Gasteiger charge is 2.51. The highest BCUT2D eigenvalue weighted by molar-refractivity contribution is 5.85. The second-order valence-electron chi connectivity index (χ2n) is 5.64. The highest BCUT2D eigenvalue weighted by Crippen LogP contribution is 2.47. The smallest absolute Gasteiger partial charge is 0.311 e. The molecule has 2 fully saturated rings. The Morgan fingerprint density at radius 1 is 1.22 bits per heavy atom. The third-order valence-corrected chi connectivity index (χ3v) is 4.47. The minimum absolute atomic E-state index is 0.0123. The molecule has 2 N–H and O–H groups in total. The van der Waals surface area contributed by atoms with Crippen molar-refractivity contribution in [2.45, 2.75) is 38.5 Å². The second kappa shape index (κ2) is 4.88. The average molecular weight is 255 g/mol. The standard InChI is InChI=1S/C13H21NO4/c1-18-8-7-12(3-2-4-12)10(15)14-9-13(5-6-13)11(16)17/h2-9H2,1H3,(H,14,15)(H,16,17). The number of hydrogen-bond acceptors (Lipinski definition) is 3. The monoisotopic (exact) mass is 255 g/mol. The molecule has 0 aromatic rings. The maximum atomic E-state index is 12.2. The summed E-state index contributed by atoms with van der Waals surface area (Å²) in [5.74, 6) is -0.777. The molecule has 5 heteroatoms. The van der Waals surface area contributed by atoms with Crippen LogP contribution in [0.2, 0.25) is 0 Å². The van der Waals surface area contributed by atoms with Gasteiger partial charge in [0.25, 0.3) is 0 Å². The Labute approximate surface area is 107 Å². The van der Waals surface area contributed by atoms with E-state index >= 15 is 0 Å². The molecule has 0 bridgehead atoms. The molecule has 2 rings (SSSR count). The topological polar surface area (TPSA) is 75.6 Å². The van der Waals surface area contributed by atoms with E-state index in [1.165, 1.54) is 0 Å². The van der Waals surface area contributed by atoms with Crippen molar-refractivity contribution in [1.29, 1.82) is 0 Å². The third kappa shape index (κ3) is 2.36. The molecule has 2 saturated carbocycles. The van der Waals surface area contributed by atoms with Crippen LogP contribution in [0.3, 0.4) is 0 Å². The molecule has 0 aromatic heterocycles. The van der Waals surface area contributed by atoms with E-state index in [0.717, 1.165) is 25.7 Å². The normalized spacial score (nSPS) is 22.9. The van der Waals surface area contributed by atoms with E-state index in [2.05, 4.69) is 5.32 Å². The summed E-state index contributed by atoms with van der Waals surface area (Å²) in [6.45, 7) is 0.855. The molecule has 0 spiro atoms. The van der Waals surface area contributed by atoms with Gasteiger partial charge in [0.1, 0.15) is 0 Å². The Bertz CT molecular complexity index is 345. The van der Waals surface area contributed by atoms with E-state index in [9.17, 15) is 9.59 Å². The molecular formula is C13H21NO4. The van der Waals surface area contributed by atoms with E-state index in [0.29, 0.717) is 19.4 Å². The molecule has 0 saturated heterocycles. The van der Waals surface area contributed by atoms with Gasteiger partial charge in [0.05, 0.1) is 10.8 Å². The summed E-state index contributed by atoms with van der Waals surface area (Å²) >= 11 is 0. The zero-order chi connectivity index (χ0) is 13.2. The number of amides is 1. The number of carbonyl (C=O) groups excluding carboxylic acids is 1. The number of carbonyl (C=O) groups is 2. The molecule has 2 aliphatic rings. The van der Waals surface area contributed by atoms with Gasteiger partial charge in [-0.25, -0.2) is 0 Å². The molecule has 0 atom stereocenters. The molecule has 5 nitrogen and oxygen atoms in total. The summed E-state index contributed by atoms with van der Waals surface area (Å²) < 4.78 is 5.05. The fourth-order valence-corrected chi connectivity index (χ4v) is 2.55. The second-order valence-corrected chi connectivity index (χ2v) is 5.64. The van der Waals surface area contributed by atoms with Gasteiger partial charge in [-0.05, 0) is 32.1 Å². The SMILES string of the molecule is COCCC1(C(=O)NCC2(C(=O)O)CC2)CCC1. The summed E-state index contributed by atoms with van der Waals surface area (Å²) in [7, 11) is 1.63. The summed E-state index contributed by atoms with van der Waals surface area (Å²) in [5, 5.41) is 11.9. The van der Waals surface area contributed by atoms with Crippen molar-refractivity contribution in [3.63, 3.8) is 0 Å². The number of rotatable bonds is 7. The summed E-state index contributed by atoms with van der Waals surface area (Å²) in [6, 6.07) is 0. The fraction of sp³-hybridized carbons (Fsp3) is 0.846. The maximum Gasteiger partial charge on any atom is 0.311 e. The summed E-state index contributed by atoms with van der Waals surface area (Å²) in [4.78, 5) is 23.2. The van der Waals surface area contributed by atoms with Gasteiger partial charge in [0.2, 0.25) is 5.91 Å². The molecule has 0 aliphatic heterocycles. The number of nitrogens with one attached hydrogen (secondary N) is 1. The number of hydrogen-bond donors (Lipinski definition) is 2. The van der Waals surface area contributed by atoms with Crippen molar-refractivity contribution in [2.24, 2.45) is 10.8 Å². The molecule has 2 aliphatic carbocycles. The zero-order valence-electron chi connectivity index (χ0n) is 10.8. The van der Waals surface area contributed by atoms with Crippen LogP contribution in [-0.4, -0.2) is 37.2 Å². The Morgan fingerprint density at radius 2 is 1.89 bits per heavy atom. The van der Waals surface area contributed by atoms with E-state index in [4.69, 9.17) is 9.84 Å². The van der Waals surface area contributed by atoms with E-state index < -0.39 is 11.4 Å². The Balaban J connectivity index is 1.85. The zero-order valence-corrected chi connectivity index (χ0v) is 10.8. The van der Waals surface area contributed by atoms with Crippen molar-refractivity contribution >= 4 is 11.9 Å². The van der Waals surface area contributed by atoms with Gasteiger partial charge >= 0.3 is 5.97 Å². The first-order valence-electron chi connectivity index (χ1n) is 6.55. The maximum absolute atomic E-state index is 12.2. The van der Waals surface area contributed by atoms with Crippen LogP contribution in [0.15, 0.2) is 0 Å². The van der Waals surface area contributed by atoms with E-state index in [1.54, 1.807) is 7.11 Å². The minimum atomic E-state index is -0.789. The fourth-order valence-electron chi connectivity index (χ4n) is 2.55. The summed E-state index contributed by atoms with van der Waals surface area (Å²) in [5.41, 5.74) is -0.980. The third-order valence-electron chi connectivity index (χ3n) is 4.47. The van der Waals surface area contributed by atoms with Crippen LogP contribution in [0.4, 0.5) is 0 Å². The number of carboxylic acids is 1. The molecule has 0 aromatic carbocycles. The number of carboxylic acid groups (broad SMARTS) is 1. The van der Waals surface area contributed by atoms with Crippen LogP contribution in [-0.2, 0) is 14.3 Å². The number of aliphatic carboxylic acids is 1. The molecule has 1 amide bonds. The quantitative estimate of drug-likeness (QED) is 0.716. The highest BCUT2D eigenvalue weighted by atomic mass is 16.5. The Kier molecular flexibility index (Phi) is 3.61. The van der Waals surface area contributed by atoms with Gasteiger partial charge in [-0.15, -0.1) is 0 Å². The van der Waals surface area contributed by atoms with Crippen LogP contribution >= 0.6 is 0 Å². The molecule has 0 radical (unpaired) electrons. The lowest BCUT2D eigenvalue weighted by Gasteiger charge is -2.40. The van der Waals surface area contributed by atoms with Gasteiger partial charge in [-0.2, -0.15) is 0 Å². The molecule has 102 valence electrons. The molecule has 18 heavy (non-hydrogen) atoms. The first kappa shape index (κ1) is 13.3.